The van der Waals surface area contributed by atoms with Crippen molar-refractivity contribution in [2.24, 2.45) is 5.92 Å². The topological polar surface area (TPSA) is 78.9 Å². The van der Waals surface area contributed by atoms with E-state index in [1.165, 1.54) is 12.8 Å². The van der Waals surface area contributed by atoms with Gasteiger partial charge < -0.3 is 20.1 Å². The lowest BCUT2D eigenvalue weighted by atomic mass is 10.1. The van der Waals surface area contributed by atoms with Gasteiger partial charge >= 0.3 is 12.0 Å². The summed E-state index contributed by atoms with van der Waals surface area (Å²) in [4.78, 5) is 24.1. The van der Waals surface area contributed by atoms with Crippen molar-refractivity contribution in [3.8, 4) is 0 Å². The van der Waals surface area contributed by atoms with E-state index >= 15 is 0 Å². The van der Waals surface area contributed by atoms with Crippen LogP contribution in [0.1, 0.15) is 38.5 Å². The molecule has 0 bridgehead atoms. The van der Waals surface area contributed by atoms with Crippen LogP contribution in [0.2, 0.25) is 0 Å². The molecule has 0 aromatic rings. The highest BCUT2D eigenvalue weighted by molar-refractivity contribution is 5.74. The maximum Gasteiger partial charge on any atom is 0.317 e. The summed E-state index contributed by atoms with van der Waals surface area (Å²) in [7, 11) is 0. The number of carboxylic acids is 1. The normalized spacial score (nSPS) is 22.6. The maximum atomic E-state index is 12.0. The fraction of sp³-hybridized carbons (Fsp3) is 0.857. The fourth-order valence-corrected chi connectivity index (χ4v) is 2.36. The van der Waals surface area contributed by atoms with Gasteiger partial charge in [-0.1, -0.05) is 0 Å². The predicted octanol–water partition coefficient (Wildman–Crippen LogP) is 1.45. The molecule has 2 N–H and O–H groups in total. The number of ether oxygens (including phenoxy) is 1. The average molecular weight is 284 g/mol. The first-order chi connectivity index (χ1) is 9.65. The number of carbonyl (C=O) groups excluding carboxylic acids is 1. The highest BCUT2D eigenvalue weighted by Crippen LogP contribution is 2.29. The number of amides is 2. The van der Waals surface area contributed by atoms with E-state index in [0.29, 0.717) is 19.5 Å². The largest absolute Gasteiger partial charge is 0.481 e. The van der Waals surface area contributed by atoms with Crippen molar-refractivity contribution in [1.29, 1.82) is 0 Å². The molecular formula is C14H24N2O4. The van der Waals surface area contributed by atoms with Crippen LogP contribution in [0, 0.1) is 5.92 Å². The Morgan fingerprint density at radius 2 is 2.10 bits per heavy atom. The lowest BCUT2D eigenvalue weighted by molar-refractivity contribution is -0.137. The number of hydrogen-bond acceptors (Lipinski definition) is 3. The molecule has 0 spiro atoms. The summed E-state index contributed by atoms with van der Waals surface area (Å²) in [6.45, 7) is 2.65. The number of rotatable bonds is 7. The molecule has 114 valence electrons. The van der Waals surface area contributed by atoms with Crippen molar-refractivity contribution >= 4 is 12.0 Å². The minimum atomic E-state index is -0.828. The van der Waals surface area contributed by atoms with Gasteiger partial charge in [0.15, 0.2) is 0 Å². The van der Waals surface area contributed by atoms with Gasteiger partial charge in [0.1, 0.15) is 0 Å². The predicted molar refractivity (Wildman–Crippen MR) is 73.5 cm³/mol. The molecule has 1 atom stereocenters. The molecule has 6 heteroatoms. The van der Waals surface area contributed by atoms with E-state index < -0.39 is 5.97 Å². The molecule has 20 heavy (non-hydrogen) atoms. The molecule has 6 nitrogen and oxygen atoms in total. The summed E-state index contributed by atoms with van der Waals surface area (Å²) < 4.78 is 5.84. The van der Waals surface area contributed by atoms with Gasteiger partial charge in [-0.2, -0.15) is 0 Å². The first-order valence-electron chi connectivity index (χ1n) is 7.51. The number of hydrogen-bond donors (Lipinski definition) is 2. The van der Waals surface area contributed by atoms with Crippen molar-refractivity contribution < 1.29 is 19.4 Å². The SMILES string of the molecule is O=C(O)CCCNC(=O)N1CCCC(OCC2CC2)C1. The summed E-state index contributed by atoms with van der Waals surface area (Å²) in [5, 5.41) is 11.3. The Hall–Kier alpha value is -1.30. The molecule has 1 heterocycles. The summed E-state index contributed by atoms with van der Waals surface area (Å²) in [5.74, 6) is -0.0824. The van der Waals surface area contributed by atoms with Crippen LogP contribution < -0.4 is 5.32 Å². The van der Waals surface area contributed by atoms with E-state index in [9.17, 15) is 9.59 Å². The summed E-state index contributed by atoms with van der Waals surface area (Å²) in [6, 6.07) is -0.102. The first-order valence-corrected chi connectivity index (χ1v) is 7.51. The Morgan fingerprint density at radius 1 is 1.30 bits per heavy atom. The van der Waals surface area contributed by atoms with Crippen LogP contribution in [-0.2, 0) is 9.53 Å². The Labute approximate surface area is 119 Å². The summed E-state index contributed by atoms with van der Waals surface area (Å²) >= 11 is 0. The van der Waals surface area contributed by atoms with Crippen LogP contribution in [0.25, 0.3) is 0 Å². The summed E-state index contributed by atoms with van der Waals surface area (Å²) in [6.07, 6.45) is 5.27. The van der Waals surface area contributed by atoms with E-state index in [2.05, 4.69) is 5.32 Å². The lowest BCUT2D eigenvalue weighted by Gasteiger charge is -2.32. The molecule has 1 saturated carbocycles. The molecule has 2 rings (SSSR count). The molecular weight excluding hydrogens is 260 g/mol. The molecule has 1 aliphatic heterocycles. The highest BCUT2D eigenvalue weighted by Gasteiger charge is 2.27. The third kappa shape index (κ3) is 5.36. The Kier molecular flexibility index (Phi) is 5.64. The summed E-state index contributed by atoms with van der Waals surface area (Å²) in [5.41, 5.74) is 0. The zero-order valence-electron chi connectivity index (χ0n) is 11.8. The number of aliphatic carboxylic acids is 1. The standard InChI is InChI=1S/C14H24N2O4/c17-13(18)4-1-7-15-14(19)16-8-2-3-12(9-16)20-10-11-5-6-11/h11-12H,1-10H2,(H,15,19)(H,17,18). The quantitative estimate of drug-likeness (QED) is 0.694. The number of likely N-dealkylation sites (tertiary alicyclic amines) is 1. The number of urea groups is 1. The molecule has 2 amide bonds. The molecule has 0 radical (unpaired) electrons. The molecule has 2 fully saturated rings. The van der Waals surface area contributed by atoms with Gasteiger partial charge in [-0.15, -0.1) is 0 Å². The van der Waals surface area contributed by atoms with Crippen LogP contribution in [0.4, 0.5) is 4.79 Å². The third-order valence-corrected chi connectivity index (χ3v) is 3.77. The molecule has 0 aromatic heterocycles. The monoisotopic (exact) mass is 284 g/mol. The van der Waals surface area contributed by atoms with Gasteiger partial charge in [-0.3, -0.25) is 4.79 Å². The van der Waals surface area contributed by atoms with E-state index in [1.54, 1.807) is 4.90 Å². The van der Waals surface area contributed by atoms with Crippen LogP contribution in [0.3, 0.4) is 0 Å². The van der Waals surface area contributed by atoms with Crippen molar-refractivity contribution in [3.63, 3.8) is 0 Å². The Morgan fingerprint density at radius 3 is 2.80 bits per heavy atom. The van der Waals surface area contributed by atoms with Gasteiger partial charge in [-0.25, -0.2) is 4.79 Å². The Bertz CT molecular complexity index is 344. The highest BCUT2D eigenvalue weighted by atomic mass is 16.5. The van der Waals surface area contributed by atoms with Crippen LogP contribution in [-0.4, -0.2) is 54.4 Å². The second kappa shape index (κ2) is 7.47. The maximum absolute atomic E-state index is 12.0. The van der Waals surface area contributed by atoms with Gasteiger partial charge in [-0.05, 0) is 38.0 Å². The van der Waals surface area contributed by atoms with Crippen LogP contribution in [0.5, 0.6) is 0 Å². The smallest absolute Gasteiger partial charge is 0.317 e. The van der Waals surface area contributed by atoms with Crippen molar-refractivity contribution in [3.05, 3.63) is 0 Å². The van der Waals surface area contributed by atoms with Gasteiger partial charge in [0.2, 0.25) is 0 Å². The van der Waals surface area contributed by atoms with Gasteiger partial charge in [0.05, 0.1) is 6.10 Å². The Balaban J connectivity index is 1.62. The van der Waals surface area contributed by atoms with Crippen molar-refractivity contribution in [2.75, 3.05) is 26.2 Å². The second-order valence-electron chi connectivity index (χ2n) is 5.72. The molecule has 0 aromatic carbocycles. The molecule has 1 unspecified atom stereocenters. The van der Waals surface area contributed by atoms with E-state index in [0.717, 1.165) is 31.9 Å². The molecule has 1 aliphatic carbocycles. The number of piperidine rings is 1. The second-order valence-corrected chi connectivity index (χ2v) is 5.72. The zero-order valence-corrected chi connectivity index (χ0v) is 11.8. The first kappa shape index (κ1) is 15.1. The van der Waals surface area contributed by atoms with E-state index in [1.807, 2.05) is 0 Å². The van der Waals surface area contributed by atoms with Gasteiger partial charge in [0.25, 0.3) is 0 Å². The average Bonchev–Trinajstić information content (AvgIpc) is 3.25. The van der Waals surface area contributed by atoms with Crippen LogP contribution in [0.15, 0.2) is 0 Å². The number of nitrogens with zero attached hydrogens (tertiary/aromatic N) is 1. The van der Waals surface area contributed by atoms with E-state index in [-0.39, 0.29) is 18.6 Å². The molecule has 2 aliphatic rings. The minimum Gasteiger partial charge on any atom is -0.481 e. The van der Waals surface area contributed by atoms with Crippen LogP contribution >= 0.6 is 0 Å². The number of nitrogens with one attached hydrogen (secondary N) is 1. The number of carboxylic acid groups (broad SMARTS) is 1. The lowest BCUT2D eigenvalue weighted by Crippen LogP contribution is -2.48. The zero-order chi connectivity index (χ0) is 14.4. The fourth-order valence-electron chi connectivity index (χ4n) is 2.36. The van der Waals surface area contributed by atoms with Crippen molar-refractivity contribution in [1.82, 2.24) is 10.2 Å². The molecule has 1 saturated heterocycles. The minimum absolute atomic E-state index is 0.0907. The van der Waals surface area contributed by atoms with E-state index in [4.69, 9.17) is 9.84 Å². The third-order valence-electron chi connectivity index (χ3n) is 3.77. The number of carbonyl (C=O) groups is 2. The van der Waals surface area contributed by atoms with Crippen molar-refractivity contribution in [2.45, 2.75) is 44.6 Å². The van der Waals surface area contributed by atoms with Gasteiger partial charge in [0, 0.05) is 32.7 Å².